The Hall–Kier alpha value is -1.11. The quantitative estimate of drug-likeness (QED) is 0.667. The van der Waals surface area contributed by atoms with Gasteiger partial charge in [0.25, 0.3) is 5.91 Å². The van der Waals surface area contributed by atoms with Gasteiger partial charge in [-0.3, -0.25) is 4.79 Å². The first kappa shape index (κ1) is 16.9. The van der Waals surface area contributed by atoms with Gasteiger partial charge in [-0.25, -0.2) is 0 Å². The van der Waals surface area contributed by atoms with Gasteiger partial charge in [0.2, 0.25) is 0 Å². The molecule has 112 valence electrons. The predicted molar refractivity (Wildman–Crippen MR) is 82.0 cm³/mol. The van der Waals surface area contributed by atoms with Crippen LogP contribution in [0.15, 0.2) is 28.7 Å². The number of nitrogens with one attached hydrogen (secondary N) is 2. The summed E-state index contributed by atoms with van der Waals surface area (Å²) >= 11 is 3.38. The minimum Gasteiger partial charge on any atom is -0.480 e. The van der Waals surface area contributed by atoms with Crippen molar-refractivity contribution in [2.45, 2.75) is 13.0 Å². The van der Waals surface area contributed by atoms with Gasteiger partial charge in [-0.2, -0.15) is 0 Å². The van der Waals surface area contributed by atoms with Crippen LogP contribution in [0, 0.1) is 0 Å². The highest BCUT2D eigenvalue weighted by Gasteiger charge is 2.14. The fraction of sp³-hybridized carbons (Fsp3) is 0.500. The van der Waals surface area contributed by atoms with Crippen molar-refractivity contribution in [3.05, 3.63) is 28.7 Å². The number of hydrogen-bond donors (Lipinski definition) is 2. The lowest BCUT2D eigenvalue weighted by Crippen LogP contribution is -2.40. The van der Waals surface area contributed by atoms with Crippen LogP contribution in [-0.4, -0.2) is 45.4 Å². The molecule has 0 saturated carbocycles. The molecule has 0 bridgehead atoms. The maximum absolute atomic E-state index is 11.8. The number of methoxy groups -OCH3 is 1. The van der Waals surface area contributed by atoms with Crippen LogP contribution in [0.4, 0.5) is 0 Å². The molecule has 1 rings (SSSR count). The largest absolute Gasteiger partial charge is 0.480 e. The van der Waals surface area contributed by atoms with E-state index in [1.54, 1.807) is 14.0 Å². The number of rotatable bonds is 9. The highest BCUT2D eigenvalue weighted by atomic mass is 79.9. The number of carbonyl (C=O) groups is 1. The van der Waals surface area contributed by atoms with Gasteiger partial charge in [-0.05, 0) is 35.0 Å². The third-order valence-corrected chi connectivity index (χ3v) is 3.25. The van der Waals surface area contributed by atoms with Gasteiger partial charge in [-0.1, -0.05) is 12.1 Å². The first-order valence-corrected chi connectivity index (χ1v) is 7.33. The van der Waals surface area contributed by atoms with Crippen molar-refractivity contribution in [2.24, 2.45) is 0 Å². The highest BCUT2D eigenvalue weighted by molar-refractivity contribution is 9.10. The van der Waals surface area contributed by atoms with E-state index >= 15 is 0 Å². The zero-order valence-electron chi connectivity index (χ0n) is 11.8. The van der Waals surface area contributed by atoms with Gasteiger partial charge in [0, 0.05) is 26.7 Å². The van der Waals surface area contributed by atoms with E-state index in [2.05, 4.69) is 26.6 Å². The molecular weight excluding hydrogens is 324 g/mol. The lowest BCUT2D eigenvalue weighted by atomic mass is 10.3. The zero-order chi connectivity index (χ0) is 14.8. The summed E-state index contributed by atoms with van der Waals surface area (Å²) in [6, 6.07) is 7.46. The fourth-order valence-corrected chi connectivity index (χ4v) is 1.88. The Morgan fingerprint density at radius 2 is 2.05 bits per heavy atom. The molecule has 1 unspecified atom stereocenters. The Bertz CT molecular complexity index is 415. The molecule has 1 aromatic carbocycles. The SMILES string of the molecule is COCCNCCNC(=O)C(C)Oc1ccccc1Br. The summed E-state index contributed by atoms with van der Waals surface area (Å²) < 4.78 is 11.3. The number of benzene rings is 1. The predicted octanol–water partition coefficient (Wildman–Crippen LogP) is 1.57. The maximum atomic E-state index is 11.8. The summed E-state index contributed by atoms with van der Waals surface area (Å²) in [5, 5.41) is 5.97. The molecule has 1 aromatic rings. The summed E-state index contributed by atoms with van der Waals surface area (Å²) in [4.78, 5) is 11.8. The molecule has 0 fully saturated rings. The summed E-state index contributed by atoms with van der Waals surface area (Å²) in [5.41, 5.74) is 0. The summed E-state index contributed by atoms with van der Waals surface area (Å²) in [5.74, 6) is 0.530. The van der Waals surface area contributed by atoms with Crippen LogP contribution in [0.3, 0.4) is 0 Å². The average Bonchev–Trinajstić information content (AvgIpc) is 2.44. The van der Waals surface area contributed by atoms with Crippen LogP contribution < -0.4 is 15.4 Å². The molecule has 2 N–H and O–H groups in total. The molecule has 5 nitrogen and oxygen atoms in total. The monoisotopic (exact) mass is 344 g/mol. The minimum atomic E-state index is -0.535. The fourth-order valence-electron chi connectivity index (χ4n) is 1.50. The molecule has 0 saturated heterocycles. The van der Waals surface area contributed by atoms with Gasteiger partial charge in [0.1, 0.15) is 5.75 Å². The van der Waals surface area contributed by atoms with Gasteiger partial charge < -0.3 is 20.1 Å². The van der Waals surface area contributed by atoms with E-state index < -0.39 is 6.10 Å². The van der Waals surface area contributed by atoms with E-state index in [0.29, 0.717) is 25.4 Å². The normalized spacial score (nSPS) is 11.9. The lowest BCUT2D eigenvalue weighted by molar-refractivity contribution is -0.127. The maximum Gasteiger partial charge on any atom is 0.260 e. The van der Waals surface area contributed by atoms with Crippen LogP contribution in [0.1, 0.15) is 6.92 Å². The second kappa shape index (κ2) is 9.74. The highest BCUT2D eigenvalue weighted by Crippen LogP contribution is 2.24. The van der Waals surface area contributed by atoms with E-state index in [0.717, 1.165) is 11.0 Å². The lowest BCUT2D eigenvalue weighted by Gasteiger charge is -2.15. The molecular formula is C14H21BrN2O3. The molecule has 0 aliphatic carbocycles. The number of ether oxygens (including phenoxy) is 2. The van der Waals surface area contributed by atoms with Crippen molar-refractivity contribution in [3.8, 4) is 5.75 Å². The van der Waals surface area contributed by atoms with Crippen LogP contribution in [0.5, 0.6) is 5.75 Å². The third kappa shape index (κ3) is 6.36. The Morgan fingerprint density at radius 1 is 1.30 bits per heavy atom. The molecule has 1 amide bonds. The van der Waals surface area contributed by atoms with Crippen molar-refractivity contribution < 1.29 is 14.3 Å². The second-order valence-corrected chi connectivity index (χ2v) is 5.08. The molecule has 0 aliphatic rings. The molecule has 1 atom stereocenters. The van der Waals surface area contributed by atoms with Crippen molar-refractivity contribution in [1.29, 1.82) is 0 Å². The summed E-state index contributed by atoms with van der Waals surface area (Å²) in [6.45, 7) is 4.43. The van der Waals surface area contributed by atoms with Crippen molar-refractivity contribution >= 4 is 21.8 Å². The van der Waals surface area contributed by atoms with Crippen molar-refractivity contribution in [3.63, 3.8) is 0 Å². The smallest absolute Gasteiger partial charge is 0.260 e. The molecule has 20 heavy (non-hydrogen) atoms. The number of halogens is 1. The van der Waals surface area contributed by atoms with Crippen LogP contribution in [-0.2, 0) is 9.53 Å². The van der Waals surface area contributed by atoms with E-state index in [4.69, 9.17) is 9.47 Å². The van der Waals surface area contributed by atoms with E-state index in [1.165, 1.54) is 0 Å². The molecule has 0 heterocycles. The Balaban J connectivity index is 2.24. The summed E-state index contributed by atoms with van der Waals surface area (Å²) in [6.07, 6.45) is -0.535. The summed E-state index contributed by atoms with van der Waals surface area (Å²) in [7, 11) is 1.66. The van der Waals surface area contributed by atoms with Crippen molar-refractivity contribution in [1.82, 2.24) is 10.6 Å². The Labute approximate surface area is 128 Å². The number of para-hydroxylation sites is 1. The van der Waals surface area contributed by atoms with Crippen LogP contribution >= 0.6 is 15.9 Å². The first-order valence-electron chi connectivity index (χ1n) is 6.53. The first-order chi connectivity index (χ1) is 9.65. The standard InChI is InChI=1S/C14H21BrN2O3/c1-11(20-13-6-4-3-5-12(13)15)14(18)17-8-7-16-9-10-19-2/h3-6,11,16H,7-10H2,1-2H3,(H,17,18). The molecule has 0 spiro atoms. The van der Waals surface area contributed by atoms with Gasteiger partial charge >= 0.3 is 0 Å². The van der Waals surface area contributed by atoms with E-state index in [9.17, 15) is 4.79 Å². The van der Waals surface area contributed by atoms with E-state index in [-0.39, 0.29) is 5.91 Å². The number of hydrogen-bond acceptors (Lipinski definition) is 4. The zero-order valence-corrected chi connectivity index (χ0v) is 13.4. The van der Waals surface area contributed by atoms with Gasteiger partial charge in [0.15, 0.2) is 6.10 Å². The molecule has 0 aromatic heterocycles. The topological polar surface area (TPSA) is 59.6 Å². The van der Waals surface area contributed by atoms with E-state index in [1.807, 2.05) is 24.3 Å². The third-order valence-electron chi connectivity index (χ3n) is 2.59. The van der Waals surface area contributed by atoms with Crippen LogP contribution in [0.2, 0.25) is 0 Å². The minimum absolute atomic E-state index is 0.130. The Kier molecular flexibility index (Phi) is 8.25. The Morgan fingerprint density at radius 3 is 2.75 bits per heavy atom. The van der Waals surface area contributed by atoms with Gasteiger partial charge in [-0.15, -0.1) is 0 Å². The molecule has 0 radical (unpaired) electrons. The number of carbonyl (C=O) groups excluding carboxylic acids is 1. The second-order valence-electron chi connectivity index (χ2n) is 4.22. The van der Waals surface area contributed by atoms with Crippen molar-refractivity contribution in [2.75, 3.05) is 33.4 Å². The van der Waals surface area contributed by atoms with Gasteiger partial charge in [0.05, 0.1) is 11.1 Å². The molecule has 0 aliphatic heterocycles. The average molecular weight is 345 g/mol. The van der Waals surface area contributed by atoms with Crippen LogP contribution in [0.25, 0.3) is 0 Å². The number of amides is 1. The molecule has 6 heteroatoms.